The average molecular weight is 1040 g/mol. The van der Waals surface area contributed by atoms with Crippen molar-refractivity contribution in [1.29, 1.82) is 0 Å². The van der Waals surface area contributed by atoms with Crippen molar-refractivity contribution >= 4 is 11.0 Å². The second kappa shape index (κ2) is 18.0. The molecule has 0 amide bonds. The monoisotopic (exact) mass is 1040 g/mol. The molecule has 0 radical (unpaired) electrons. The largest absolute Gasteiger partial charge is 0.507 e. The quantitative estimate of drug-likeness (QED) is 0.147. The number of hydrogen-bond donors (Lipinski definition) is 1. The SMILES string of the molecule is [2H]C([2H])([2H])c1ccc(-c2ccnc(-c3[c-]c(-c4cccc5c4nc(-c4cc(C([2H])(C)C)cc(C([2H])(C)C)c4O)n5-c4ccc(C(C)(C)C(C)(C)C)cc4-c4ccccc4)cc(C(C)(C)C)c3)c2)cc1.[Pt]. The summed E-state index contributed by atoms with van der Waals surface area (Å²) in [5.74, 6) is -1.80. The van der Waals surface area contributed by atoms with Crippen LogP contribution in [-0.2, 0) is 31.9 Å². The molecule has 0 saturated carbocycles. The van der Waals surface area contributed by atoms with Gasteiger partial charge in [0.05, 0.1) is 22.3 Å². The van der Waals surface area contributed by atoms with E-state index in [1.165, 1.54) is 5.56 Å². The molecule has 5 heteroatoms. The molecule has 336 valence electrons. The maximum atomic E-state index is 12.4. The Morgan fingerprint density at radius 3 is 2.00 bits per heavy atom. The molecule has 1 N–H and O–H groups in total. The van der Waals surface area contributed by atoms with Crippen molar-refractivity contribution in [2.75, 3.05) is 0 Å². The Morgan fingerprint density at radius 1 is 0.646 bits per heavy atom. The standard InChI is InChI=1S/C60H64N3O.Pt/c1-37(2)43-33-49(38(3)4)56(64)51(34-43)57-62-55-48(44-30-45(32-47(31-44)58(6,7)8)52-35-42(28-29-61-52)40-24-22-39(5)23-25-40)20-17-21-54(55)63(57)53-27-26-46(60(12,13)59(9,10)11)36-50(53)41-18-15-14-16-19-41;/h14-29,31-38,64H,1-13H3;/q-1;/i5D3,37D,38D;. The van der Waals surface area contributed by atoms with Gasteiger partial charge in [-0.15, -0.1) is 29.3 Å². The van der Waals surface area contributed by atoms with Gasteiger partial charge < -0.3 is 5.11 Å². The smallest absolute Gasteiger partial charge is 0.148 e. The molecule has 6 aromatic carbocycles. The van der Waals surface area contributed by atoms with Crippen LogP contribution in [0.4, 0.5) is 0 Å². The van der Waals surface area contributed by atoms with E-state index in [4.69, 9.17) is 14.1 Å². The second-order valence-electron chi connectivity index (χ2n) is 20.3. The van der Waals surface area contributed by atoms with E-state index >= 15 is 0 Å². The van der Waals surface area contributed by atoms with Crippen LogP contribution in [-0.4, -0.2) is 19.6 Å². The van der Waals surface area contributed by atoms with Crippen LogP contribution in [0.5, 0.6) is 5.75 Å². The third kappa shape index (κ3) is 9.17. The first-order chi connectivity index (χ1) is 32.0. The number of aromatic hydroxyl groups is 1. The zero-order chi connectivity index (χ0) is 50.2. The van der Waals surface area contributed by atoms with Crippen LogP contribution in [0, 0.1) is 18.3 Å². The summed E-state index contributed by atoms with van der Waals surface area (Å²) < 4.78 is 44.1. The minimum absolute atomic E-state index is 0. The summed E-state index contributed by atoms with van der Waals surface area (Å²) in [6.45, 7) is 22.9. The van der Waals surface area contributed by atoms with Gasteiger partial charge in [0.25, 0.3) is 0 Å². The molecule has 0 bridgehead atoms. The molecule has 0 spiro atoms. The fourth-order valence-corrected chi connectivity index (χ4v) is 8.32. The summed E-state index contributed by atoms with van der Waals surface area (Å²) >= 11 is 0. The van der Waals surface area contributed by atoms with Gasteiger partial charge in [-0.2, -0.15) is 0 Å². The molecule has 8 rings (SSSR count). The Kier molecular flexibility index (Phi) is 11.3. The predicted octanol–water partition coefficient (Wildman–Crippen LogP) is 16.4. The van der Waals surface area contributed by atoms with Crippen LogP contribution >= 0.6 is 0 Å². The molecular weight excluding hydrogens is 974 g/mol. The summed E-state index contributed by atoms with van der Waals surface area (Å²) in [5, 5.41) is 12.4. The summed E-state index contributed by atoms with van der Waals surface area (Å²) in [5.41, 5.74) is 12.9. The topological polar surface area (TPSA) is 50.9 Å². The number of fused-ring (bicyclic) bond motifs is 1. The fraction of sp³-hybridized carbons (Fsp3) is 0.300. The third-order valence-corrected chi connectivity index (χ3v) is 13.4. The van der Waals surface area contributed by atoms with Crippen LogP contribution < -0.4 is 0 Å². The molecule has 2 heterocycles. The zero-order valence-corrected chi connectivity index (χ0v) is 42.1. The van der Waals surface area contributed by atoms with E-state index in [1.807, 2.05) is 56.3 Å². The molecule has 0 unspecified atom stereocenters. The number of phenols is 1. The van der Waals surface area contributed by atoms with Crippen molar-refractivity contribution in [3.63, 3.8) is 0 Å². The van der Waals surface area contributed by atoms with Gasteiger partial charge in [-0.05, 0) is 98.6 Å². The maximum absolute atomic E-state index is 12.4. The van der Waals surface area contributed by atoms with Crippen molar-refractivity contribution in [1.82, 2.24) is 14.5 Å². The molecule has 0 aliphatic heterocycles. The average Bonchev–Trinajstić information content (AvgIpc) is 3.67. The van der Waals surface area contributed by atoms with Crippen molar-refractivity contribution in [2.45, 2.75) is 113 Å². The number of aryl methyl sites for hydroxylation is 1. The normalized spacial score (nSPS) is 13.9. The fourth-order valence-electron chi connectivity index (χ4n) is 8.32. The second-order valence-corrected chi connectivity index (χ2v) is 20.3. The van der Waals surface area contributed by atoms with Crippen molar-refractivity contribution in [3.8, 4) is 67.5 Å². The van der Waals surface area contributed by atoms with E-state index in [0.717, 1.165) is 55.7 Å². The van der Waals surface area contributed by atoms with E-state index in [0.29, 0.717) is 33.7 Å². The summed E-state index contributed by atoms with van der Waals surface area (Å²) in [6.07, 6.45) is 1.78. The number of hydrogen-bond acceptors (Lipinski definition) is 3. The molecule has 0 atom stereocenters. The number of para-hydroxylation sites is 1. The molecule has 0 saturated heterocycles. The van der Waals surface area contributed by atoms with Crippen molar-refractivity contribution in [3.05, 3.63) is 167 Å². The molecule has 0 aliphatic carbocycles. The first-order valence-corrected chi connectivity index (χ1v) is 22.3. The van der Waals surface area contributed by atoms with Gasteiger partial charge in [0, 0.05) is 45.4 Å². The van der Waals surface area contributed by atoms with Gasteiger partial charge in [0.2, 0.25) is 0 Å². The van der Waals surface area contributed by atoms with Crippen LogP contribution in [0.15, 0.2) is 134 Å². The number of phenolic OH excluding ortho intramolecular Hbond substituents is 1. The minimum Gasteiger partial charge on any atom is -0.507 e. The van der Waals surface area contributed by atoms with Gasteiger partial charge in [-0.25, -0.2) is 4.98 Å². The van der Waals surface area contributed by atoms with Crippen molar-refractivity contribution < 1.29 is 33.0 Å². The van der Waals surface area contributed by atoms with Gasteiger partial charge >= 0.3 is 0 Å². The van der Waals surface area contributed by atoms with Crippen LogP contribution in [0.1, 0.15) is 130 Å². The Balaban J connectivity index is 0.00000722. The van der Waals surface area contributed by atoms with E-state index in [9.17, 15) is 7.85 Å². The molecule has 0 fully saturated rings. The van der Waals surface area contributed by atoms with Gasteiger partial charge in [0.1, 0.15) is 11.6 Å². The molecule has 0 aliphatic rings. The van der Waals surface area contributed by atoms with Crippen LogP contribution in [0.3, 0.4) is 0 Å². The van der Waals surface area contributed by atoms with Gasteiger partial charge in [-0.1, -0.05) is 185 Å². The number of aromatic nitrogens is 3. The number of imidazole rings is 1. The first-order valence-electron chi connectivity index (χ1n) is 24.8. The first kappa shape index (κ1) is 40.9. The molecule has 8 aromatic rings. The molecule has 4 nitrogen and oxygen atoms in total. The summed E-state index contributed by atoms with van der Waals surface area (Å²) in [7, 11) is 0. The predicted molar refractivity (Wildman–Crippen MR) is 271 cm³/mol. The van der Waals surface area contributed by atoms with Crippen LogP contribution in [0.2, 0.25) is 0 Å². The van der Waals surface area contributed by atoms with E-state index in [1.54, 1.807) is 38.2 Å². The van der Waals surface area contributed by atoms with E-state index in [-0.39, 0.29) is 48.6 Å². The number of benzene rings is 6. The van der Waals surface area contributed by atoms with Crippen molar-refractivity contribution in [2.24, 2.45) is 5.41 Å². The molecule has 65 heavy (non-hydrogen) atoms. The van der Waals surface area contributed by atoms with E-state index < -0.39 is 18.6 Å². The summed E-state index contributed by atoms with van der Waals surface area (Å²) in [4.78, 5) is 10.4. The van der Waals surface area contributed by atoms with Crippen LogP contribution in [0.25, 0.3) is 72.7 Å². The Labute approximate surface area is 409 Å². The minimum atomic E-state index is -2.19. The number of nitrogens with zero attached hydrogens (tertiary/aromatic N) is 3. The Bertz CT molecular complexity index is 3220. The Morgan fingerprint density at radius 2 is 1.35 bits per heavy atom. The molecular formula is C60H64N3OPt-. The van der Waals surface area contributed by atoms with Gasteiger partial charge in [0.15, 0.2) is 0 Å². The van der Waals surface area contributed by atoms with E-state index in [2.05, 4.69) is 133 Å². The number of pyridine rings is 1. The zero-order valence-electron chi connectivity index (χ0n) is 44.8. The van der Waals surface area contributed by atoms with Gasteiger partial charge in [-0.3, -0.25) is 9.55 Å². The third-order valence-electron chi connectivity index (χ3n) is 13.4. The number of rotatable bonds is 9. The summed E-state index contributed by atoms with van der Waals surface area (Å²) in [6, 6.07) is 45.9. The molecule has 2 aromatic heterocycles. The Hall–Kier alpha value is -5.57. The maximum Gasteiger partial charge on any atom is 0.148 e.